The number of rotatable bonds is 3. The lowest BCUT2D eigenvalue weighted by Crippen LogP contribution is -2.30. The third-order valence-corrected chi connectivity index (χ3v) is 1.28. The molecule has 5 nitrogen and oxygen atoms in total. The largest absolute Gasteiger partial charge is 0.333 e. The van der Waals surface area contributed by atoms with Crippen LogP contribution in [0.3, 0.4) is 0 Å². The number of hydrogen-bond donors (Lipinski definition) is 0. The van der Waals surface area contributed by atoms with Gasteiger partial charge in [-0.3, -0.25) is 9.59 Å². The van der Waals surface area contributed by atoms with Crippen LogP contribution in [0.5, 0.6) is 0 Å². The molecule has 1 fully saturated rings. The average Bonchev–Trinajstić information content (AvgIpc) is 2.63. The number of hydroxylamine groups is 2. The van der Waals surface area contributed by atoms with E-state index in [1.54, 1.807) is 0 Å². The van der Waals surface area contributed by atoms with Crippen molar-refractivity contribution in [1.82, 2.24) is 5.23 Å². The summed E-state index contributed by atoms with van der Waals surface area (Å²) in [4.78, 5) is 30.3. The van der Waals surface area contributed by atoms with Gasteiger partial charge in [0.15, 0.2) is 0 Å². The molecule has 5 heteroatoms. The van der Waals surface area contributed by atoms with E-state index in [0.717, 1.165) is 18.1 Å². The van der Waals surface area contributed by atoms with Gasteiger partial charge in [0.2, 0.25) is 0 Å². The van der Waals surface area contributed by atoms with Crippen molar-refractivity contribution >= 4 is 11.9 Å². The number of nitrogens with zero attached hydrogens (tertiary/aromatic N) is 1. The fourth-order valence-corrected chi connectivity index (χ4v) is 0.706. The van der Waals surface area contributed by atoms with E-state index in [-0.39, 0.29) is 6.04 Å². The normalized spacial score (nSPS) is 15.9. The molecule has 0 heterocycles. The Morgan fingerprint density at radius 2 is 1.58 bits per heavy atom. The van der Waals surface area contributed by atoms with Crippen LogP contribution in [-0.4, -0.2) is 23.2 Å². The summed E-state index contributed by atoms with van der Waals surface area (Å²) in [6.45, 7) is 2.53. The number of carbonyl (C=O) groups excluding carboxylic acids is 2. The smallest absolute Gasteiger partial charge is 0.326 e. The maximum atomic E-state index is 10.5. The Bertz CT molecular complexity index is 184. The van der Waals surface area contributed by atoms with E-state index in [0.29, 0.717) is 0 Å². The van der Waals surface area contributed by atoms with Crippen LogP contribution in [0.25, 0.3) is 0 Å². The molecule has 1 saturated carbocycles. The van der Waals surface area contributed by atoms with E-state index in [1.165, 1.54) is 13.8 Å². The van der Waals surface area contributed by atoms with Crippen molar-refractivity contribution in [1.29, 1.82) is 0 Å². The standard InChI is InChI=1S/C7H11NO4/c1-5(9)11-8(7-3-4-7)12-6(2)10/h7H,3-4H2,1-2H3. The molecule has 0 spiro atoms. The second-order valence-corrected chi connectivity index (χ2v) is 2.68. The molecule has 0 aromatic carbocycles. The second kappa shape index (κ2) is 3.53. The lowest BCUT2D eigenvalue weighted by atomic mass is 10.7. The Kier molecular flexibility index (Phi) is 2.65. The van der Waals surface area contributed by atoms with Crippen molar-refractivity contribution < 1.29 is 19.3 Å². The highest BCUT2D eigenvalue weighted by molar-refractivity contribution is 5.67. The minimum absolute atomic E-state index is 0.0535. The summed E-state index contributed by atoms with van der Waals surface area (Å²) in [6, 6.07) is 0.0535. The van der Waals surface area contributed by atoms with Crippen molar-refractivity contribution in [3.8, 4) is 0 Å². The lowest BCUT2D eigenvalue weighted by molar-refractivity contribution is -0.328. The SMILES string of the molecule is CC(=O)ON(OC(C)=O)C1CC1. The number of hydrogen-bond acceptors (Lipinski definition) is 5. The minimum Gasteiger partial charge on any atom is -0.333 e. The minimum atomic E-state index is -0.483. The molecule has 0 bridgehead atoms. The molecular formula is C7H11NO4. The highest BCUT2D eigenvalue weighted by Gasteiger charge is 2.34. The number of carbonyl (C=O) groups is 2. The molecule has 1 aliphatic rings. The van der Waals surface area contributed by atoms with Crippen LogP contribution in [0.15, 0.2) is 0 Å². The van der Waals surface area contributed by atoms with Gasteiger partial charge in [0.25, 0.3) is 0 Å². The molecule has 0 aromatic heterocycles. The summed E-state index contributed by atoms with van der Waals surface area (Å²) in [6.07, 6.45) is 1.78. The van der Waals surface area contributed by atoms with Gasteiger partial charge in [-0.15, -0.1) is 0 Å². The fraction of sp³-hybridized carbons (Fsp3) is 0.714. The van der Waals surface area contributed by atoms with E-state index in [2.05, 4.69) is 9.68 Å². The third kappa shape index (κ3) is 2.87. The summed E-state index contributed by atoms with van der Waals surface area (Å²) < 4.78 is 0. The maximum absolute atomic E-state index is 10.5. The quantitative estimate of drug-likeness (QED) is 0.578. The van der Waals surface area contributed by atoms with Gasteiger partial charge in [-0.2, -0.15) is 0 Å². The van der Waals surface area contributed by atoms with Gasteiger partial charge in [0.05, 0.1) is 6.04 Å². The first-order valence-electron chi connectivity index (χ1n) is 3.76. The van der Waals surface area contributed by atoms with E-state index in [9.17, 15) is 9.59 Å². The van der Waals surface area contributed by atoms with Gasteiger partial charge in [-0.25, -0.2) is 0 Å². The van der Waals surface area contributed by atoms with Crippen molar-refractivity contribution in [2.24, 2.45) is 0 Å². The van der Waals surface area contributed by atoms with Gasteiger partial charge < -0.3 is 9.68 Å². The molecule has 0 amide bonds. The lowest BCUT2D eigenvalue weighted by Gasteiger charge is -2.16. The van der Waals surface area contributed by atoms with Crippen molar-refractivity contribution in [2.45, 2.75) is 32.7 Å². The predicted octanol–water partition coefficient (Wildman–Crippen LogP) is 0.407. The predicted molar refractivity (Wildman–Crippen MR) is 38.4 cm³/mol. The Balaban J connectivity index is 2.37. The van der Waals surface area contributed by atoms with Gasteiger partial charge in [-0.05, 0) is 12.8 Å². The molecule has 1 rings (SSSR count). The Morgan fingerprint density at radius 1 is 1.17 bits per heavy atom. The summed E-state index contributed by atoms with van der Waals surface area (Å²) in [5, 5.41) is 0.977. The third-order valence-electron chi connectivity index (χ3n) is 1.28. The highest BCUT2D eigenvalue weighted by Crippen LogP contribution is 2.27. The van der Waals surface area contributed by atoms with Crippen LogP contribution in [0.4, 0.5) is 0 Å². The summed E-state index contributed by atoms with van der Waals surface area (Å²) in [7, 11) is 0. The summed E-state index contributed by atoms with van der Waals surface area (Å²) >= 11 is 0. The Morgan fingerprint density at radius 3 is 1.83 bits per heavy atom. The van der Waals surface area contributed by atoms with E-state index < -0.39 is 11.9 Å². The van der Waals surface area contributed by atoms with Crippen LogP contribution >= 0.6 is 0 Å². The van der Waals surface area contributed by atoms with E-state index in [4.69, 9.17) is 0 Å². The molecule has 0 aliphatic heterocycles. The molecule has 0 atom stereocenters. The fourth-order valence-electron chi connectivity index (χ4n) is 0.706. The molecule has 12 heavy (non-hydrogen) atoms. The monoisotopic (exact) mass is 173 g/mol. The van der Waals surface area contributed by atoms with Crippen LogP contribution in [0.1, 0.15) is 26.7 Å². The molecular weight excluding hydrogens is 162 g/mol. The zero-order valence-electron chi connectivity index (χ0n) is 7.07. The molecule has 0 aromatic rings. The van der Waals surface area contributed by atoms with Crippen LogP contribution in [0.2, 0.25) is 0 Å². The van der Waals surface area contributed by atoms with Crippen molar-refractivity contribution in [2.75, 3.05) is 0 Å². The summed E-state index contributed by atoms with van der Waals surface area (Å²) in [5.74, 6) is -0.966. The van der Waals surface area contributed by atoms with E-state index >= 15 is 0 Å². The van der Waals surface area contributed by atoms with Crippen LogP contribution in [0, 0.1) is 0 Å². The second-order valence-electron chi connectivity index (χ2n) is 2.68. The molecule has 68 valence electrons. The molecule has 0 unspecified atom stereocenters. The van der Waals surface area contributed by atoms with E-state index in [1.807, 2.05) is 0 Å². The molecule has 0 radical (unpaired) electrons. The zero-order chi connectivity index (χ0) is 9.14. The summed E-state index contributed by atoms with van der Waals surface area (Å²) in [5.41, 5.74) is 0. The van der Waals surface area contributed by atoms with Crippen molar-refractivity contribution in [3.05, 3.63) is 0 Å². The van der Waals surface area contributed by atoms with Crippen molar-refractivity contribution in [3.63, 3.8) is 0 Å². The van der Waals surface area contributed by atoms with Crippen LogP contribution < -0.4 is 0 Å². The van der Waals surface area contributed by atoms with Crippen LogP contribution in [-0.2, 0) is 19.3 Å². The first-order chi connectivity index (χ1) is 5.59. The Hall–Kier alpha value is -1.10. The zero-order valence-corrected chi connectivity index (χ0v) is 7.07. The van der Waals surface area contributed by atoms with Gasteiger partial charge in [0.1, 0.15) is 0 Å². The average molecular weight is 173 g/mol. The first-order valence-corrected chi connectivity index (χ1v) is 3.76. The first kappa shape index (κ1) is 8.99. The molecule has 0 N–H and O–H groups in total. The Labute approximate surface area is 70.1 Å². The van der Waals surface area contributed by atoms with Gasteiger partial charge >= 0.3 is 11.9 Å². The molecule has 0 saturated heterocycles. The highest BCUT2D eigenvalue weighted by atomic mass is 17.0. The maximum Gasteiger partial charge on any atom is 0.326 e. The van der Waals surface area contributed by atoms with Gasteiger partial charge in [0, 0.05) is 19.1 Å². The molecule has 1 aliphatic carbocycles. The van der Waals surface area contributed by atoms with Gasteiger partial charge in [-0.1, -0.05) is 0 Å². The topological polar surface area (TPSA) is 55.8 Å².